The van der Waals surface area contributed by atoms with Crippen LogP contribution in [0, 0.1) is 5.82 Å². The molecule has 1 saturated heterocycles. The number of nitrogens with zero attached hydrogens (tertiary/aromatic N) is 3. The Balaban J connectivity index is 1.67. The van der Waals surface area contributed by atoms with Crippen LogP contribution in [0.25, 0.3) is 11.4 Å². The average molecular weight is 330 g/mol. The predicted molar refractivity (Wildman–Crippen MR) is 86.8 cm³/mol. The van der Waals surface area contributed by atoms with E-state index in [0.717, 1.165) is 32.4 Å². The molecule has 1 aliphatic heterocycles. The number of likely N-dealkylation sites (tertiary alicyclic amines) is 1. The summed E-state index contributed by atoms with van der Waals surface area (Å²) in [5, 5.41) is 7.86. The maximum Gasteiger partial charge on any atom is 0.273 e. The SMILES string of the molecule is O=C(CCc1nnc(-c2cccc(F)c2)[nH]c1=O)N1CCCCC1. The minimum Gasteiger partial charge on any atom is -0.343 e. The molecule has 0 saturated carbocycles. The van der Waals surface area contributed by atoms with E-state index in [-0.39, 0.29) is 30.3 Å². The minimum atomic E-state index is -0.411. The van der Waals surface area contributed by atoms with Crippen LogP contribution in [0.3, 0.4) is 0 Å². The lowest BCUT2D eigenvalue weighted by Crippen LogP contribution is -2.36. The highest BCUT2D eigenvalue weighted by Gasteiger charge is 2.17. The van der Waals surface area contributed by atoms with Gasteiger partial charge < -0.3 is 9.88 Å². The van der Waals surface area contributed by atoms with Crippen molar-refractivity contribution in [2.75, 3.05) is 13.1 Å². The van der Waals surface area contributed by atoms with Gasteiger partial charge in [0.2, 0.25) is 5.91 Å². The van der Waals surface area contributed by atoms with Crippen molar-refractivity contribution < 1.29 is 9.18 Å². The van der Waals surface area contributed by atoms with E-state index in [4.69, 9.17) is 0 Å². The molecule has 126 valence electrons. The largest absolute Gasteiger partial charge is 0.343 e. The molecule has 24 heavy (non-hydrogen) atoms. The Labute approximate surface area is 138 Å². The van der Waals surface area contributed by atoms with E-state index in [2.05, 4.69) is 15.2 Å². The second kappa shape index (κ2) is 7.33. The summed E-state index contributed by atoms with van der Waals surface area (Å²) in [6.07, 6.45) is 3.73. The molecule has 0 spiro atoms. The summed E-state index contributed by atoms with van der Waals surface area (Å²) in [6, 6.07) is 5.77. The van der Waals surface area contributed by atoms with Gasteiger partial charge in [0.1, 0.15) is 11.5 Å². The van der Waals surface area contributed by atoms with Crippen LogP contribution < -0.4 is 5.56 Å². The van der Waals surface area contributed by atoms with E-state index in [9.17, 15) is 14.0 Å². The molecule has 0 unspecified atom stereocenters. The third-order valence-electron chi connectivity index (χ3n) is 4.15. The Morgan fingerprint density at radius 2 is 2.00 bits per heavy atom. The second-order valence-electron chi connectivity index (χ2n) is 5.90. The molecule has 1 N–H and O–H groups in total. The molecule has 6 nitrogen and oxygen atoms in total. The van der Waals surface area contributed by atoms with Crippen LogP contribution in [0.2, 0.25) is 0 Å². The first-order chi connectivity index (χ1) is 11.6. The zero-order valence-corrected chi connectivity index (χ0v) is 13.3. The molecule has 1 aromatic heterocycles. The first-order valence-corrected chi connectivity index (χ1v) is 8.13. The summed E-state index contributed by atoms with van der Waals surface area (Å²) in [7, 11) is 0. The predicted octanol–water partition coefficient (Wildman–Crippen LogP) is 1.92. The fourth-order valence-corrected chi connectivity index (χ4v) is 2.82. The zero-order valence-electron chi connectivity index (χ0n) is 13.3. The van der Waals surface area contributed by atoms with Crippen LogP contribution in [0.4, 0.5) is 4.39 Å². The summed E-state index contributed by atoms with van der Waals surface area (Å²) in [4.78, 5) is 28.7. The number of benzene rings is 1. The average Bonchev–Trinajstić information content (AvgIpc) is 2.61. The van der Waals surface area contributed by atoms with Gasteiger partial charge in [-0.3, -0.25) is 9.59 Å². The third kappa shape index (κ3) is 3.84. The van der Waals surface area contributed by atoms with Gasteiger partial charge in [-0.15, -0.1) is 10.2 Å². The van der Waals surface area contributed by atoms with Crippen LogP contribution in [0.1, 0.15) is 31.4 Å². The molecule has 1 amide bonds. The molecule has 0 atom stereocenters. The molecule has 0 bridgehead atoms. The summed E-state index contributed by atoms with van der Waals surface area (Å²) in [6.45, 7) is 1.58. The van der Waals surface area contributed by atoms with Crippen molar-refractivity contribution >= 4 is 5.91 Å². The Kier molecular flexibility index (Phi) is 4.98. The summed E-state index contributed by atoms with van der Waals surface area (Å²) >= 11 is 0. The number of rotatable bonds is 4. The minimum absolute atomic E-state index is 0.0464. The molecule has 0 radical (unpaired) electrons. The maximum atomic E-state index is 13.2. The lowest BCUT2D eigenvalue weighted by atomic mass is 10.1. The highest BCUT2D eigenvalue weighted by atomic mass is 19.1. The van der Waals surface area contributed by atoms with Crippen LogP contribution in [0.5, 0.6) is 0 Å². The van der Waals surface area contributed by atoms with Crippen molar-refractivity contribution in [2.24, 2.45) is 0 Å². The van der Waals surface area contributed by atoms with Crippen molar-refractivity contribution in [3.8, 4) is 11.4 Å². The summed E-state index contributed by atoms with van der Waals surface area (Å²) in [5.41, 5.74) is 0.284. The van der Waals surface area contributed by atoms with Crippen molar-refractivity contribution in [3.63, 3.8) is 0 Å². The molecule has 3 rings (SSSR count). The lowest BCUT2D eigenvalue weighted by molar-refractivity contribution is -0.132. The molecular formula is C17H19FN4O2. The van der Waals surface area contributed by atoms with Gasteiger partial charge >= 0.3 is 0 Å². The number of nitrogens with one attached hydrogen (secondary N) is 1. The first-order valence-electron chi connectivity index (χ1n) is 8.13. The molecule has 2 aromatic rings. The smallest absolute Gasteiger partial charge is 0.273 e. The normalized spacial score (nSPS) is 14.6. The number of piperidine rings is 1. The van der Waals surface area contributed by atoms with Crippen LogP contribution in [0.15, 0.2) is 29.1 Å². The second-order valence-corrected chi connectivity index (χ2v) is 5.90. The number of carbonyl (C=O) groups is 1. The molecule has 2 heterocycles. The van der Waals surface area contributed by atoms with Gasteiger partial charge in [-0.25, -0.2) is 4.39 Å². The monoisotopic (exact) mass is 330 g/mol. The van der Waals surface area contributed by atoms with E-state index < -0.39 is 11.4 Å². The quantitative estimate of drug-likeness (QED) is 0.929. The molecule has 1 aliphatic rings. The maximum absolute atomic E-state index is 13.2. The number of halogens is 1. The molecule has 1 fully saturated rings. The fraction of sp³-hybridized carbons (Fsp3) is 0.412. The van der Waals surface area contributed by atoms with E-state index in [0.29, 0.717) is 5.56 Å². The zero-order chi connectivity index (χ0) is 16.9. The standard InChI is InChI=1S/C17H19FN4O2/c18-13-6-4-5-12(11-13)16-19-17(24)14(20-21-16)7-8-15(23)22-9-2-1-3-10-22/h4-6,11H,1-3,7-10H2,(H,19,21,24). The van der Waals surface area contributed by atoms with Gasteiger partial charge in [-0.1, -0.05) is 12.1 Å². The van der Waals surface area contributed by atoms with Crippen LogP contribution in [-0.4, -0.2) is 39.1 Å². The van der Waals surface area contributed by atoms with Crippen molar-refractivity contribution in [1.29, 1.82) is 0 Å². The number of aromatic nitrogens is 3. The van der Waals surface area contributed by atoms with Crippen molar-refractivity contribution in [2.45, 2.75) is 32.1 Å². The fourth-order valence-electron chi connectivity index (χ4n) is 2.82. The Morgan fingerprint density at radius 1 is 1.21 bits per heavy atom. The van der Waals surface area contributed by atoms with E-state index in [1.54, 1.807) is 6.07 Å². The van der Waals surface area contributed by atoms with Gasteiger partial charge in [-0.05, 0) is 31.4 Å². The van der Waals surface area contributed by atoms with Crippen molar-refractivity contribution in [1.82, 2.24) is 20.1 Å². The van der Waals surface area contributed by atoms with E-state index in [1.165, 1.54) is 18.2 Å². The highest BCUT2D eigenvalue weighted by Crippen LogP contribution is 2.14. The van der Waals surface area contributed by atoms with Crippen molar-refractivity contribution in [3.05, 3.63) is 46.1 Å². The number of hydrogen-bond donors (Lipinski definition) is 1. The van der Waals surface area contributed by atoms with Crippen LogP contribution >= 0.6 is 0 Å². The van der Waals surface area contributed by atoms with Crippen LogP contribution in [-0.2, 0) is 11.2 Å². The summed E-state index contributed by atoms with van der Waals surface area (Å²) < 4.78 is 13.2. The molecule has 7 heteroatoms. The van der Waals surface area contributed by atoms with Gasteiger partial charge in [0.25, 0.3) is 5.56 Å². The lowest BCUT2D eigenvalue weighted by Gasteiger charge is -2.26. The Morgan fingerprint density at radius 3 is 2.71 bits per heavy atom. The molecule has 0 aliphatic carbocycles. The number of carbonyl (C=O) groups excluding carboxylic acids is 1. The number of hydrogen-bond acceptors (Lipinski definition) is 4. The van der Waals surface area contributed by atoms with E-state index in [1.807, 2.05) is 4.90 Å². The number of H-pyrrole nitrogens is 1. The Hall–Kier alpha value is -2.57. The molecule has 1 aromatic carbocycles. The van der Waals surface area contributed by atoms with Gasteiger partial charge in [-0.2, -0.15) is 0 Å². The van der Waals surface area contributed by atoms with Gasteiger partial charge in [0.15, 0.2) is 5.82 Å². The number of aryl methyl sites for hydroxylation is 1. The summed E-state index contributed by atoms with van der Waals surface area (Å²) in [5.74, 6) is -0.151. The van der Waals surface area contributed by atoms with Gasteiger partial charge in [0, 0.05) is 31.5 Å². The molecular weight excluding hydrogens is 311 g/mol. The number of aromatic amines is 1. The topological polar surface area (TPSA) is 79.0 Å². The van der Waals surface area contributed by atoms with Gasteiger partial charge in [0.05, 0.1) is 0 Å². The Bertz CT molecular complexity index is 784. The third-order valence-corrected chi connectivity index (χ3v) is 4.15. The number of amides is 1. The first kappa shape index (κ1) is 16.3. The highest BCUT2D eigenvalue weighted by molar-refractivity contribution is 5.76. The van der Waals surface area contributed by atoms with E-state index >= 15 is 0 Å².